The van der Waals surface area contributed by atoms with Gasteiger partial charge in [-0.1, -0.05) is 66.7 Å². The number of rotatable bonds is 5. The van der Waals surface area contributed by atoms with Crippen molar-refractivity contribution in [3.63, 3.8) is 0 Å². The van der Waals surface area contributed by atoms with E-state index in [0.29, 0.717) is 12.2 Å². The molecule has 0 fully saturated rings. The Hall–Kier alpha value is -2.86. The SMILES string of the molecule is CCc1ccccc1Sc1nccn2c(=O)n(Cc3cccc(C)c3)nc12. The number of hydrogen-bond acceptors (Lipinski definition) is 4. The number of hydrogen-bond donors (Lipinski definition) is 0. The van der Waals surface area contributed by atoms with Crippen molar-refractivity contribution in [2.45, 2.75) is 36.7 Å². The zero-order valence-electron chi connectivity index (χ0n) is 15.3. The molecule has 0 unspecified atom stereocenters. The largest absolute Gasteiger partial charge is 0.350 e. The van der Waals surface area contributed by atoms with Crippen LogP contribution in [0.1, 0.15) is 23.6 Å². The summed E-state index contributed by atoms with van der Waals surface area (Å²) in [4.78, 5) is 18.4. The van der Waals surface area contributed by atoms with E-state index in [1.165, 1.54) is 15.8 Å². The van der Waals surface area contributed by atoms with Gasteiger partial charge in [0.05, 0.1) is 6.54 Å². The lowest BCUT2D eigenvalue weighted by Crippen LogP contribution is -2.21. The first-order valence-electron chi connectivity index (χ1n) is 8.91. The quantitative estimate of drug-likeness (QED) is 0.529. The molecule has 0 N–H and O–H groups in total. The fourth-order valence-electron chi connectivity index (χ4n) is 3.08. The average Bonchev–Trinajstić information content (AvgIpc) is 2.99. The average molecular weight is 376 g/mol. The van der Waals surface area contributed by atoms with Gasteiger partial charge in [-0.15, -0.1) is 5.10 Å². The smallest absolute Gasteiger partial charge is 0.246 e. The molecule has 2 heterocycles. The zero-order chi connectivity index (χ0) is 18.8. The van der Waals surface area contributed by atoms with Crippen molar-refractivity contribution in [3.05, 3.63) is 88.1 Å². The van der Waals surface area contributed by atoms with Crippen molar-refractivity contribution in [1.82, 2.24) is 19.2 Å². The van der Waals surface area contributed by atoms with Crippen LogP contribution in [0.2, 0.25) is 0 Å². The molecule has 136 valence electrons. The van der Waals surface area contributed by atoms with E-state index in [-0.39, 0.29) is 5.69 Å². The maximum Gasteiger partial charge on any atom is 0.350 e. The second kappa shape index (κ2) is 7.40. The third-order valence-electron chi connectivity index (χ3n) is 4.44. The summed E-state index contributed by atoms with van der Waals surface area (Å²) in [5.74, 6) is 0. The number of fused-ring (bicyclic) bond motifs is 1. The summed E-state index contributed by atoms with van der Waals surface area (Å²) in [5.41, 5.74) is 3.91. The Labute approximate surface area is 161 Å². The van der Waals surface area contributed by atoms with E-state index in [0.717, 1.165) is 21.9 Å². The number of nitrogens with zero attached hydrogens (tertiary/aromatic N) is 4. The maximum atomic E-state index is 12.8. The first kappa shape index (κ1) is 17.5. The minimum Gasteiger partial charge on any atom is -0.246 e. The van der Waals surface area contributed by atoms with Gasteiger partial charge in [0.15, 0.2) is 5.65 Å². The summed E-state index contributed by atoms with van der Waals surface area (Å²) in [6.45, 7) is 4.62. The second-order valence-corrected chi connectivity index (χ2v) is 7.45. The van der Waals surface area contributed by atoms with Crippen LogP contribution in [-0.2, 0) is 13.0 Å². The molecule has 0 bridgehead atoms. The highest BCUT2D eigenvalue weighted by Crippen LogP contribution is 2.31. The molecule has 0 spiro atoms. The first-order chi connectivity index (χ1) is 13.2. The minimum atomic E-state index is -0.153. The monoisotopic (exact) mass is 376 g/mol. The number of benzene rings is 2. The van der Waals surface area contributed by atoms with Crippen molar-refractivity contribution >= 4 is 17.4 Å². The molecule has 0 atom stereocenters. The van der Waals surface area contributed by atoms with Crippen molar-refractivity contribution in [3.8, 4) is 0 Å². The van der Waals surface area contributed by atoms with Gasteiger partial charge in [-0.25, -0.2) is 18.9 Å². The molecular weight excluding hydrogens is 356 g/mol. The van der Waals surface area contributed by atoms with Gasteiger partial charge >= 0.3 is 5.69 Å². The molecule has 0 radical (unpaired) electrons. The molecule has 2 aromatic heterocycles. The van der Waals surface area contributed by atoms with Crippen LogP contribution in [0.4, 0.5) is 0 Å². The van der Waals surface area contributed by atoms with Gasteiger partial charge in [-0.2, -0.15) is 0 Å². The van der Waals surface area contributed by atoms with Gasteiger partial charge < -0.3 is 0 Å². The van der Waals surface area contributed by atoms with Gasteiger partial charge in [0.1, 0.15) is 5.03 Å². The minimum absolute atomic E-state index is 0.153. The predicted octanol–water partition coefficient (Wildman–Crippen LogP) is 3.96. The molecule has 2 aromatic carbocycles. The Kier molecular flexibility index (Phi) is 4.81. The van der Waals surface area contributed by atoms with E-state index in [2.05, 4.69) is 35.2 Å². The predicted molar refractivity (Wildman–Crippen MR) is 107 cm³/mol. The molecule has 5 nitrogen and oxygen atoms in total. The number of aromatic nitrogens is 4. The highest BCUT2D eigenvalue weighted by molar-refractivity contribution is 7.99. The Morgan fingerprint density at radius 3 is 2.78 bits per heavy atom. The summed E-state index contributed by atoms with van der Waals surface area (Å²) >= 11 is 1.55. The zero-order valence-corrected chi connectivity index (χ0v) is 16.1. The number of aryl methyl sites for hydroxylation is 2. The summed E-state index contributed by atoms with van der Waals surface area (Å²) in [6, 6.07) is 16.4. The van der Waals surface area contributed by atoms with Gasteiger partial charge in [0.25, 0.3) is 0 Å². The van der Waals surface area contributed by atoms with Crippen LogP contribution in [0.15, 0.2) is 75.6 Å². The summed E-state index contributed by atoms with van der Waals surface area (Å²) in [6.07, 6.45) is 4.28. The Morgan fingerprint density at radius 2 is 1.96 bits per heavy atom. The van der Waals surface area contributed by atoms with Crippen molar-refractivity contribution in [2.24, 2.45) is 0 Å². The van der Waals surface area contributed by atoms with E-state index in [4.69, 9.17) is 0 Å². The van der Waals surface area contributed by atoms with E-state index in [9.17, 15) is 4.79 Å². The van der Waals surface area contributed by atoms with Crippen molar-refractivity contribution < 1.29 is 0 Å². The molecule has 0 aliphatic rings. The standard InChI is InChI=1S/C21H20N4OS/c1-3-17-9-4-5-10-18(17)27-20-19-23-25(21(26)24(19)12-11-22-20)14-16-8-6-7-15(2)13-16/h4-13H,3,14H2,1-2H3. The molecule has 4 rings (SSSR count). The molecule has 0 aliphatic heterocycles. The van der Waals surface area contributed by atoms with Crippen LogP contribution in [0.3, 0.4) is 0 Å². The molecular formula is C21H20N4OS. The van der Waals surface area contributed by atoms with Gasteiger partial charge in [-0.3, -0.25) is 0 Å². The molecule has 0 saturated carbocycles. The Balaban J connectivity index is 1.74. The Morgan fingerprint density at radius 1 is 1.11 bits per heavy atom. The third kappa shape index (κ3) is 3.53. The van der Waals surface area contributed by atoms with Crippen LogP contribution < -0.4 is 5.69 Å². The van der Waals surface area contributed by atoms with Crippen molar-refractivity contribution in [1.29, 1.82) is 0 Å². The van der Waals surface area contributed by atoms with E-state index in [1.54, 1.807) is 28.6 Å². The summed E-state index contributed by atoms with van der Waals surface area (Å²) in [7, 11) is 0. The Bertz CT molecular complexity index is 1160. The lowest BCUT2D eigenvalue weighted by atomic mass is 10.1. The lowest BCUT2D eigenvalue weighted by Gasteiger charge is -2.06. The van der Waals surface area contributed by atoms with E-state index >= 15 is 0 Å². The van der Waals surface area contributed by atoms with E-state index < -0.39 is 0 Å². The summed E-state index contributed by atoms with van der Waals surface area (Å²) in [5, 5.41) is 5.31. The molecule has 6 heteroatoms. The van der Waals surface area contributed by atoms with Gasteiger partial charge in [-0.05, 0) is 30.5 Å². The van der Waals surface area contributed by atoms with Crippen LogP contribution in [-0.4, -0.2) is 19.2 Å². The van der Waals surface area contributed by atoms with Crippen molar-refractivity contribution in [2.75, 3.05) is 0 Å². The second-order valence-electron chi connectivity index (χ2n) is 6.42. The fourth-order valence-corrected chi connectivity index (χ4v) is 4.13. The normalized spacial score (nSPS) is 11.2. The highest BCUT2D eigenvalue weighted by atomic mass is 32.2. The lowest BCUT2D eigenvalue weighted by molar-refractivity contribution is 0.658. The van der Waals surface area contributed by atoms with E-state index in [1.807, 2.05) is 37.3 Å². The molecule has 0 aliphatic carbocycles. The first-order valence-corrected chi connectivity index (χ1v) is 9.73. The molecule has 0 saturated heterocycles. The molecule has 27 heavy (non-hydrogen) atoms. The third-order valence-corrected chi connectivity index (χ3v) is 5.54. The highest BCUT2D eigenvalue weighted by Gasteiger charge is 2.14. The van der Waals surface area contributed by atoms with Gasteiger partial charge in [0.2, 0.25) is 0 Å². The van der Waals surface area contributed by atoms with Crippen LogP contribution in [0, 0.1) is 6.92 Å². The fraction of sp³-hybridized carbons (Fsp3) is 0.190. The van der Waals surface area contributed by atoms with Crippen LogP contribution in [0.25, 0.3) is 5.65 Å². The molecule has 0 amide bonds. The molecule has 4 aromatic rings. The topological polar surface area (TPSA) is 52.2 Å². The van der Waals surface area contributed by atoms with Crippen LogP contribution >= 0.6 is 11.8 Å². The van der Waals surface area contributed by atoms with Gasteiger partial charge in [0, 0.05) is 17.3 Å². The maximum absolute atomic E-state index is 12.8. The summed E-state index contributed by atoms with van der Waals surface area (Å²) < 4.78 is 3.07. The van der Waals surface area contributed by atoms with Crippen LogP contribution in [0.5, 0.6) is 0 Å².